The second-order valence-corrected chi connectivity index (χ2v) is 6.09. The zero-order valence-electron chi connectivity index (χ0n) is 12.6. The van der Waals surface area contributed by atoms with Crippen molar-refractivity contribution in [3.8, 4) is 0 Å². The highest BCUT2D eigenvalue weighted by atomic mass is 35.5. The number of hydrogen-bond donors (Lipinski definition) is 1. The molecular weight excluding hydrogens is 335 g/mol. The van der Waals surface area contributed by atoms with Crippen molar-refractivity contribution in [2.45, 2.75) is 13.3 Å². The first-order chi connectivity index (χ1) is 10.9. The van der Waals surface area contributed by atoms with Crippen molar-refractivity contribution in [2.24, 2.45) is 7.05 Å². The SMILES string of the molecule is Cc1nn(C)c2ncc(NC(=O)Cc3ccc(Cl)c(Cl)c3)cc12. The van der Waals surface area contributed by atoms with Crippen LogP contribution < -0.4 is 5.32 Å². The van der Waals surface area contributed by atoms with Gasteiger partial charge in [-0.1, -0.05) is 29.3 Å². The van der Waals surface area contributed by atoms with Gasteiger partial charge in [-0.3, -0.25) is 9.48 Å². The molecule has 0 saturated heterocycles. The van der Waals surface area contributed by atoms with E-state index >= 15 is 0 Å². The fourth-order valence-electron chi connectivity index (χ4n) is 2.42. The Bertz CT molecular complexity index is 904. The normalized spacial score (nSPS) is 11.0. The molecule has 0 aliphatic carbocycles. The molecule has 3 rings (SSSR count). The van der Waals surface area contributed by atoms with Gasteiger partial charge < -0.3 is 5.32 Å². The molecule has 118 valence electrons. The summed E-state index contributed by atoms with van der Waals surface area (Å²) in [6.07, 6.45) is 1.83. The predicted molar refractivity (Wildman–Crippen MR) is 92.0 cm³/mol. The number of amides is 1. The van der Waals surface area contributed by atoms with Crippen LogP contribution in [0.5, 0.6) is 0 Å². The Balaban J connectivity index is 1.77. The third-order valence-corrected chi connectivity index (χ3v) is 4.23. The van der Waals surface area contributed by atoms with Crippen molar-refractivity contribution in [1.29, 1.82) is 0 Å². The van der Waals surface area contributed by atoms with Crippen LogP contribution in [0.25, 0.3) is 11.0 Å². The van der Waals surface area contributed by atoms with Crippen LogP contribution in [0.3, 0.4) is 0 Å². The number of aromatic nitrogens is 3. The standard InChI is InChI=1S/C16H14Cl2N4O/c1-9-12-7-11(8-19-16(12)22(2)21-9)20-15(23)6-10-3-4-13(17)14(18)5-10/h3-5,7-8H,6H2,1-2H3,(H,20,23). The molecule has 5 nitrogen and oxygen atoms in total. The van der Waals surface area contributed by atoms with E-state index in [1.54, 1.807) is 29.1 Å². The van der Waals surface area contributed by atoms with E-state index in [0.717, 1.165) is 22.3 Å². The molecule has 1 amide bonds. The molecule has 0 fully saturated rings. The third kappa shape index (κ3) is 3.30. The van der Waals surface area contributed by atoms with Gasteiger partial charge in [-0.25, -0.2) is 4.98 Å². The summed E-state index contributed by atoms with van der Waals surface area (Å²) in [6, 6.07) is 7.02. The average Bonchev–Trinajstić information content (AvgIpc) is 2.77. The van der Waals surface area contributed by atoms with Crippen LogP contribution in [0.4, 0.5) is 5.69 Å². The molecule has 3 aromatic rings. The maximum absolute atomic E-state index is 12.2. The van der Waals surface area contributed by atoms with Crippen LogP contribution in [0.2, 0.25) is 10.0 Å². The van der Waals surface area contributed by atoms with Gasteiger partial charge in [0, 0.05) is 12.4 Å². The number of carbonyl (C=O) groups is 1. The summed E-state index contributed by atoms with van der Waals surface area (Å²) in [6.45, 7) is 1.91. The second-order valence-electron chi connectivity index (χ2n) is 5.28. The molecule has 23 heavy (non-hydrogen) atoms. The van der Waals surface area contributed by atoms with Gasteiger partial charge in [0.05, 0.1) is 34.0 Å². The summed E-state index contributed by atoms with van der Waals surface area (Å²) in [5.41, 5.74) is 3.09. The van der Waals surface area contributed by atoms with Crippen molar-refractivity contribution in [3.63, 3.8) is 0 Å². The number of benzene rings is 1. The molecule has 1 aromatic carbocycles. The number of fused-ring (bicyclic) bond motifs is 1. The van der Waals surface area contributed by atoms with Gasteiger partial charge in [-0.15, -0.1) is 0 Å². The molecule has 2 aromatic heterocycles. The van der Waals surface area contributed by atoms with Gasteiger partial charge >= 0.3 is 0 Å². The van der Waals surface area contributed by atoms with E-state index in [9.17, 15) is 4.79 Å². The lowest BCUT2D eigenvalue weighted by molar-refractivity contribution is -0.115. The Labute approximate surface area is 143 Å². The molecule has 0 radical (unpaired) electrons. The van der Waals surface area contributed by atoms with E-state index < -0.39 is 0 Å². The topological polar surface area (TPSA) is 59.8 Å². The van der Waals surface area contributed by atoms with Gasteiger partial charge in [0.2, 0.25) is 5.91 Å². The molecule has 7 heteroatoms. The summed E-state index contributed by atoms with van der Waals surface area (Å²) in [5.74, 6) is -0.147. The number of nitrogens with zero attached hydrogens (tertiary/aromatic N) is 3. The highest BCUT2D eigenvalue weighted by Gasteiger charge is 2.10. The minimum absolute atomic E-state index is 0.147. The third-order valence-electron chi connectivity index (χ3n) is 3.50. The molecule has 2 heterocycles. The Morgan fingerprint density at radius 1 is 1.26 bits per heavy atom. The number of aryl methyl sites for hydroxylation is 2. The van der Waals surface area contributed by atoms with Crippen molar-refractivity contribution in [2.75, 3.05) is 5.32 Å². The second kappa shape index (κ2) is 6.18. The lowest BCUT2D eigenvalue weighted by Gasteiger charge is -2.06. The fraction of sp³-hybridized carbons (Fsp3) is 0.188. The monoisotopic (exact) mass is 348 g/mol. The Morgan fingerprint density at radius 2 is 2.04 bits per heavy atom. The summed E-state index contributed by atoms with van der Waals surface area (Å²) in [7, 11) is 1.84. The average molecular weight is 349 g/mol. The zero-order valence-corrected chi connectivity index (χ0v) is 14.1. The van der Waals surface area contributed by atoms with E-state index in [1.165, 1.54) is 0 Å². The number of rotatable bonds is 3. The van der Waals surface area contributed by atoms with E-state index in [0.29, 0.717) is 15.7 Å². The van der Waals surface area contributed by atoms with Crippen molar-refractivity contribution in [3.05, 3.63) is 51.8 Å². The van der Waals surface area contributed by atoms with Crippen LogP contribution in [0.1, 0.15) is 11.3 Å². The van der Waals surface area contributed by atoms with Crippen molar-refractivity contribution < 1.29 is 4.79 Å². The van der Waals surface area contributed by atoms with Crippen LogP contribution in [0.15, 0.2) is 30.5 Å². The number of carbonyl (C=O) groups excluding carboxylic acids is 1. The fourth-order valence-corrected chi connectivity index (χ4v) is 2.74. The minimum atomic E-state index is -0.147. The molecule has 0 bridgehead atoms. The van der Waals surface area contributed by atoms with Crippen LogP contribution >= 0.6 is 23.2 Å². The Kier molecular flexibility index (Phi) is 4.24. The largest absolute Gasteiger partial charge is 0.324 e. The molecular formula is C16H14Cl2N4O. The highest BCUT2D eigenvalue weighted by molar-refractivity contribution is 6.42. The highest BCUT2D eigenvalue weighted by Crippen LogP contribution is 2.23. The van der Waals surface area contributed by atoms with Crippen LogP contribution in [-0.4, -0.2) is 20.7 Å². The van der Waals surface area contributed by atoms with E-state index in [-0.39, 0.29) is 12.3 Å². The number of halogens is 2. The molecule has 1 N–H and O–H groups in total. The van der Waals surface area contributed by atoms with Gasteiger partial charge in [0.15, 0.2) is 5.65 Å². The Hall–Kier alpha value is -2.11. The lowest BCUT2D eigenvalue weighted by atomic mass is 10.1. The summed E-state index contributed by atoms with van der Waals surface area (Å²) in [4.78, 5) is 16.5. The van der Waals surface area contributed by atoms with Crippen LogP contribution in [0, 0.1) is 6.92 Å². The van der Waals surface area contributed by atoms with Crippen molar-refractivity contribution >= 4 is 45.8 Å². The van der Waals surface area contributed by atoms with Gasteiger partial charge in [0.25, 0.3) is 0 Å². The maximum atomic E-state index is 12.2. The molecule has 0 aliphatic heterocycles. The van der Waals surface area contributed by atoms with Gasteiger partial charge in [0.1, 0.15) is 0 Å². The molecule has 0 spiro atoms. The van der Waals surface area contributed by atoms with Gasteiger partial charge in [-0.05, 0) is 30.7 Å². The number of nitrogens with one attached hydrogen (secondary N) is 1. The van der Waals surface area contributed by atoms with Crippen molar-refractivity contribution in [1.82, 2.24) is 14.8 Å². The van der Waals surface area contributed by atoms with E-state index in [2.05, 4.69) is 15.4 Å². The number of pyridine rings is 1. The molecule has 0 atom stereocenters. The number of hydrogen-bond acceptors (Lipinski definition) is 3. The first-order valence-corrected chi connectivity index (χ1v) is 7.73. The van der Waals surface area contributed by atoms with Gasteiger partial charge in [-0.2, -0.15) is 5.10 Å². The van der Waals surface area contributed by atoms with Crippen LogP contribution in [-0.2, 0) is 18.3 Å². The first-order valence-electron chi connectivity index (χ1n) is 6.97. The summed E-state index contributed by atoms with van der Waals surface area (Å²) < 4.78 is 1.71. The lowest BCUT2D eigenvalue weighted by Crippen LogP contribution is -2.14. The maximum Gasteiger partial charge on any atom is 0.228 e. The predicted octanol–water partition coefficient (Wildman–Crippen LogP) is 3.76. The molecule has 0 unspecified atom stereocenters. The molecule has 0 saturated carbocycles. The minimum Gasteiger partial charge on any atom is -0.324 e. The zero-order chi connectivity index (χ0) is 16.6. The van der Waals surface area contributed by atoms with E-state index in [1.807, 2.05) is 20.0 Å². The summed E-state index contributed by atoms with van der Waals surface area (Å²) >= 11 is 11.8. The number of anilines is 1. The molecule has 0 aliphatic rings. The quantitative estimate of drug-likeness (QED) is 0.783. The van der Waals surface area contributed by atoms with E-state index in [4.69, 9.17) is 23.2 Å². The Morgan fingerprint density at radius 3 is 2.78 bits per heavy atom. The smallest absolute Gasteiger partial charge is 0.228 e. The summed E-state index contributed by atoms with van der Waals surface area (Å²) in [5, 5.41) is 8.97. The first kappa shape index (κ1) is 15.8.